The van der Waals surface area contributed by atoms with Crippen molar-refractivity contribution in [1.82, 2.24) is 10.2 Å². The molecule has 2 bridgehead atoms. The predicted molar refractivity (Wildman–Crippen MR) is 69.8 cm³/mol. The number of carbonyl (C=O) groups excluding carboxylic acids is 1. The molecule has 0 radical (unpaired) electrons. The van der Waals surface area contributed by atoms with Gasteiger partial charge in [-0.3, -0.25) is 9.69 Å². The largest absolute Gasteiger partial charge is 0.350 e. The Balaban J connectivity index is 1.86. The maximum absolute atomic E-state index is 12.1. The van der Waals surface area contributed by atoms with E-state index < -0.39 is 0 Å². The molecule has 98 valence electrons. The number of fused-ring (bicyclic) bond motifs is 2. The Bertz CT molecular complexity index is 288. The second-order valence-corrected chi connectivity index (χ2v) is 6.01. The van der Waals surface area contributed by atoms with Crippen LogP contribution in [0.1, 0.15) is 46.5 Å². The van der Waals surface area contributed by atoms with E-state index in [1.807, 2.05) is 0 Å². The lowest BCUT2D eigenvalue weighted by molar-refractivity contribution is -0.124. The Labute approximate surface area is 105 Å². The van der Waals surface area contributed by atoms with Crippen LogP contribution in [0.25, 0.3) is 0 Å². The van der Waals surface area contributed by atoms with Crippen LogP contribution in [0.15, 0.2) is 0 Å². The van der Waals surface area contributed by atoms with E-state index >= 15 is 0 Å². The molecule has 0 aliphatic heterocycles. The van der Waals surface area contributed by atoms with E-state index in [2.05, 4.69) is 31.0 Å². The molecule has 3 nitrogen and oxygen atoms in total. The van der Waals surface area contributed by atoms with Crippen molar-refractivity contribution in [3.05, 3.63) is 0 Å². The normalized spacial score (nSPS) is 35.5. The first-order valence-corrected chi connectivity index (χ1v) is 7.10. The lowest BCUT2D eigenvalue weighted by Gasteiger charge is -2.35. The predicted octanol–water partition coefficient (Wildman–Crippen LogP) is 2.02. The summed E-state index contributed by atoms with van der Waals surface area (Å²) >= 11 is 0. The number of hydrogen-bond acceptors (Lipinski definition) is 2. The molecule has 3 heteroatoms. The van der Waals surface area contributed by atoms with Gasteiger partial charge in [0.15, 0.2) is 0 Å². The Morgan fingerprint density at radius 3 is 2.53 bits per heavy atom. The second-order valence-electron chi connectivity index (χ2n) is 6.01. The van der Waals surface area contributed by atoms with E-state index in [0.29, 0.717) is 6.54 Å². The van der Waals surface area contributed by atoms with Gasteiger partial charge in [-0.15, -0.1) is 0 Å². The van der Waals surface area contributed by atoms with Crippen LogP contribution in [-0.4, -0.2) is 36.0 Å². The van der Waals surface area contributed by atoms with Crippen LogP contribution in [0.5, 0.6) is 0 Å². The summed E-state index contributed by atoms with van der Waals surface area (Å²) in [6.07, 6.45) is 5.22. The smallest absolute Gasteiger partial charge is 0.234 e. The molecule has 0 heterocycles. The minimum atomic E-state index is 0.0904. The van der Waals surface area contributed by atoms with Gasteiger partial charge in [0, 0.05) is 5.54 Å². The van der Waals surface area contributed by atoms with Crippen molar-refractivity contribution in [2.45, 2.75) is 52.0 Å². The molecule has 0 aromatic carbocycles. The van der Waals surface area contributed by atoms with E-state index in [-0.39, 0.29) is 11.4 Å². The van der Waals surface area contributed by atoms with Crippen molar-refractivity contribution in [1.29, 1.82) is 0 Å². The van der Waals surface area contributed by atoms with Crippen LogP contribution >= 0.6 is 0 Å². The molecule has 2 aliphatic rings. The Morgan fingerprint density at radius 1 is 1.35 bits per heavy atom. The zero-order chi connectivity index (χ0) is 12.5. The SMILES string of the molecule is CCN(CC)CC(=O)N[C@]1(C)C[C@H]2CC[C@@H]1C2. The topological polar surface area (TPSA) is 32.3 Å². The third-order valence-electron chi connectivity index (χ3n) is 4.84. The van der Waals surface area contributed by atoms with Gasteiger partial charge in [0.05, 0.1) is 6.54 Å². The molecule has 0 aromatic heterocycles. The van der Waals surface area contributed by atoms with Crippen molar-refractivity contribution in [2.75, 3.05) is 19.6 Å². The number of hydrogen-bond donors (Lipinski definition) is 1. The monoisotopic (exact) mass is 238 g/mol. The molecular formula is C14H26N2O. The Morgan fingerprint density at radius 2 is 2.06 bits per heavy atom. The molecule has 17 heavy (non-hydrogen) atoms. The van der Waals surface area contributed by atoms with Gasteiger partial charge < -0.3 is 5.32 Å². The fourth-order valence-electron chi connectivity index (χ4n) is 3.77. The van der Waals surface area contributed by atoms with Gasteiger partial charge in [0.1, 0.15) is 0 Å². The van der Waals surface area contributed by atoms with Crippen molar-refractivity contribution in [3.63, 3.8) is 0 Å². The fourth-order valence-corrected chi connectivity index (χ4v) is 3.77. The zero-order valence-corrected chi connectivity index (χ0v) is 11.5. The van der Waals surface area contributed by atoms with Gasteiger partial charge in [-0.25, -0.2) is 0 Å². The highest BCUT2D eigenvalue weighted by molar-refractivity contribution is 5.79. The first kappa shape index (κ1) is 12.9. The lowest BCUT2D eigenvalue weighted by Crippen LogP contribution is -2.52. The second kappa shape index (κ2) is 4.97. The third-order valence-corrected chi connectivity index (χ3v) is 4.84. The summed E-state index contributed by atoms with van der Waals surface area (Å²) in [6, 6.07) is 0. The minimum Gasteiger partial charge on any atom is -0.350 e. The Kier molecular flexibility index (Phi) is 3.76. The van der Waals surface area contributed by atoms with Crippen LogP contribution in [-0.2, 0) is 4.79 Å². The van der Waals surface area contributed by atoms with Crippen LogP contribution in [0, 0.1) is 11.8 Å². The van der Waals surface area contributed by atoms with Gasteiger partial charge in [-0.05, 0) is 57.5 Å². The number of amides is 1. The van der Waals surface area contributed by atoms with Crippen LogP contribution in [0.3, 0.4) is 0 Å². The number of rotatable bonds is 5. The molecule has 0 aromatic rings. The van der Waals surface area contributed by atoms with E-state index in [9.17, 15) is 4.79 Å². The van der Waals surface area contributed by atoms with Crippen molar-refractivity contribution >= 4 is 5.91 Å². The summed E-state index contributed by atoms with van der Waals surface area (Å²) in [4.78, 5) is 14.2. The summed E-state index contributed by atoms with van der Waals surface area (Å²) in [7, 11) is 0. The van der Waals surface area contributed by atoms with E-state index in [1.54, 1.807) is 0 Å². The average Bonchev–Trinajstić information content (AvgIpc) is 2.85. The minimum absolute atomic E-state index is 0.0904. The maximum atomic E-state index is 12.1. The molecule has 0 unspecified atom stereocenters. The number of carbonyl (C=O) groups is 1. The molecule has 2 saturated carbocycles. The van der Waals surface area contributed by atoms with Crippen molar-refractivity contribution in [2.24, 2.45) is 11.8 Å². The summed E-state index contributed by atoms with van der Waals surface area (Å²) < 4.78 is 0. The molecule has 2 aliphatic carbocycles. The van der Waals surface area contributed by atoms with E-state index in [1.165, 1.54) is 25.7 Å². The van der Waals surface area contributed by atoms with Gasteiger partial charge in [-0.1, -0.05) is 13.8 Å². The zero-order valence-electron chi connectivity index (χ0n) is 11.5. The van der Waals surface area contributed by atoms with Crippen LogP contribution < -0.4 is 5.32 Å². The molecular weight excluding hydrogens is 212 g/mol. The highest BCUT2D eigenvalue weighted by Gasteiger charge is 2.48. The van der Waals surface area contributed by atoms with Crippen LogP contribution in [0.4, 0.5) is 0 Å². The lowest BCUT2D eigenvalue weighted by atomic mass is 9.82. The van der Waals surface area contributed by atoms with E-state index in [4.69, 9.17) is 0 Å². The summed E-state index contributed by atoms with van der Waals surface area (Å²) in [6.45, 7) is 8.92. The molecule has 0 saturated heterocycles. The van der Waals surface area contributed by atoms with Crippen LogP contribution in [0.2, 0.25) is 0 Å². The molecule has 1 amide bonds. The molecule has 1 N–H and O–H groups in total. The molecule has 3 atom stereocenters. The number of nitrogens with zero attached hydrogens (tertiary/aromatic N) is 1. The first-order chi connectivity index (χ1) is 8.07. The van der Waals surface area contributed by atoms with Gasteiger partial charge in [0.25, 0.3) is 0 Å². The summed E-state index contributed by atoms with van der Waals surface area (Å²) in [5.74, 6) is 1.82. The molecule has 0 spiro atoms. The standard InChI is InChI=1S/C14H26N2O/c1-4-16(5-2)10-13(17)15-14(3)9-11-6-7-12(14)8-11/h11-12H,4-10H2,1-3H3,(H,15,17)/t11-,12+,14+/m0/s1. The van der Waals surface area contributed by atoms with Crippen molar-refractivity contribution < 1.29 is 4.79 Å². The van der Waals surface area contributed by atoms with Gasteiger partial charge in [0.2, 0.25) is 5.91 Å². The highest BCUT2D eigenvalue weighted by atomic mass is 16.2. The van der Waals surface area contributed by atoms with Gasteiger partial charge in [-0.2, -0.15) is 0 Å². The van der Waals surface area contributed by atoms with Gasteiger partial charge >= 0.3 is 0 Å². The summed E-state index contributed by atoms with van der Waals surface area (Å²) in [5.41, 5.74) is 0.0904. The highest BCUT2D eigenvalue weighted by Crippen LogP contribution is 2.50. The molecule has 2 fully saturated rings. The average molecular weight is 238 g/mol. The quantitative estimate of drug-likeness (QED) is 0.795. The Hall–Kier alpha value is -0.570. The fraction of sp³-hybridized carbons (Fsp3) is 0.929. The number of likely N-dealkylation sites (N-methyl/N-ethyl adjacent to an activating group) is 1. The first-order valence-electron chi connectivity index (χ1n) is 7.10. The van der Waals surface area contributed by atoms with Crippen molar-refractivity contribution in [3.8, 4) is 0 Å². The number of nitrogens with one attached hydrogen (secondary N) is 1. The van der Waals surface area contributed by atoms with E-state index in [0.717, 1.165) is 24.9 Å². The molecule has 2 rings (SSSR count). The third kappa shape index (κ3) is 2.65. The maximum Gasteiger partial charge on any atom is 0.234 e. The summed E-state index contributed by atoms with van der Waals surface area (Å²) in [5, 5.41) is 3.31.